The number of H-pyrrole nitrogens is 1. The smallest absolute Gasteiger partial charge is 0.328 e. The zero-order chi connectivity index (χ0) is 13.1. The molecule has 0 radical (unpaired) electrons. The Morgan fingerprint density at radius 3 is 3.06 bits per heavy atom. The Kier molecular flexibility index (Phi) is 4.21. The number of morpholine rings is 1. The van der Waals surface area contributed by atoms with Crippen molar-refractivity contribution in [1.82, 2.24) is 14.5 Å². The van der Waals surface area contributed by atoms with Crippen LogP contribution in [0.3, 0.4) is 0 Å². The van der Waals surface area contributed by atoms with Crippen molar-refractivity contribution < 1.29 is 4.74 Å². The molecular formula is C11H16ClN3O3. The molecule has 1 N–H and O–H groups in total. The zero-order valence-corrected chi connectivity index (χ0v) is 10.9. The summed E-state index contributed by atoms with van der Waals surface area (Å²) in [5.41, 5.74) is -1.01. The zero-order valence-electron chi connectivity index (χ0n) is 10.2. The van der Waals surface area contributed by atoms with E-state index in [-0.39, 0.29) is 11.1 Å². The van der Waals surface area contributed by atoms with Crippen LogP contribution in [0, 0.1) is 0 Å². The first kappa shape index (κ1) is 13.3. The molecule has 1 aliphatic rings. The van der Waals surface area contributed by atoms with E-state index < -0.39 is 11.2 Å². The Labute approximate surface area is 109 Å². The van der Waals surface area contributed by atoms with E-state index in [1.807, 2.05) is 0 Å². The average Bonchev–Trinajstić information content (AvgIpc) is 2.36. The molecular weight excluding hydrogens is 258 g/mol. The van der Waals surface area contributed by atoms with Gasteiger partial charge in [-0.3, -0.25) is 19.2 Å². The van der Waals surface area contributed by atoms with Gasteiger partial charge in [0.05, 0.1) is 19.3 Å². The molecule has 100 valence electrons. The largest absolute Gasteiger partial charge is 0.374 e. The van der Waals surface area contributed by atoms with Gasteiger partial charge in [0.1, 0.15) is 5.02 Å². The third kappa shape index (κ3) is 3.01. The summed E-state index contributed by atoms with van der Waals surface area (Å²) in [5.74, 6) is 0. The van der Waals surface area contributed by atoms with E-state index in [0.29, 0.717) is 13.2 Å². The summed E-state index contributed by atoms with van der Waals surface area (Å²) in [6.45, 7) is 5.79. The molecule has 0 spiro atoms. The van der Waals surface area contributed by atoms with Gasteiger partial charge in [-0.2, -0.15) is 0 Å². The van der Waals surface area contributed by atoms with Gasteiger partial charge in [0.25, 0.3) is 5.56 Å². The lowest BCUT2D eigenvalue weighted by Gasteiger charge is -2.32. The number of halogens is 1. The third-order valence-corrected chi connectivity index (χ3v) is 3.31. The molecule has 0 aliphatic carbocycles. The minimum atomic E-state index is -0.558. The Bertz CT molecular complexity index is 525. The van der Waals surface area contributed by atoms with Crippen LogP contribution in [0.5, 0.6) is 0 Å². The molecule has 2 rings (SSSR count). The number of nitrogens with zero attached hydrogens (tertiary/aromatic N) is 2. The van der Waals surface area contributed by atoms with Gasteiger partial charge in [-0.05, 0) is 6.54 Å². The van der Waals surface area contributed by atoms with Crippen LogP contribution < -0.4 is 11.2 Å². The lowest BCUT2D eigenvalue weighted by atomic mass is 10.2. The number of aromatic nitrogens is 2. The molecule has 0 saturated carbocycles. The summed E-state index contributed by atoms with van der Waals surface area (Å²) < 4.78 is 6.99. The van der Waals surface area contributed by atoms with Gasteiger partial charge in [0, 0.05) is 19.3 Å². The fourth-order valence-electron chi connectivity index (χ4n) is 2.02. The monoisotopic (exact) mass is 273 g/mol. The van der Waals surface area contributed by atoms with Crippen LogP contribution >= 0.6 is 11.6 Å². The minimum absolute atomic E-state index is 0.0118. The molecule has 1 fully saturated rings. The maximum atomic E-state index is 11.6. The molecule has 1 aromatic rings. The lowest BCUT2D eigenvalue weighted by molar-refractivity contribution is -0.0348. The maximum Gasteiger partial charge on any atom is 0.328 e. The number of hydrogen-bond acceptors (Lipinski definition) is 4. The van der Waals surface area contributed by atoms with Gasteiger partial charge in [0.2, 0.25) is 0 Å². The van der Waals surface area contributed by atoms with Crippen molar-refractivity contribution in [2.45, 2.75) is 19.6 Å². The number of rotatable bonds is 3. The first-order valence-corrected chi connectivity index (χ1v) is 6.31. The van der Waals surface area contributed by atoms with Crippen LogP contribution in [0.4, 0.5) is 0 Å². The Hall–Kier alpha value is -1.11. The molecule has 0 bridgehead atoms. The van der Waals surface area contributed by atoms with Crippen LogP contribution in [0.2, 0.25) is 5.02 Å². The number of hydrogen-bond donors (Lipinski definition) is 1. The van der Waals surface area contributed by atoms with Crippen molar-refractivity contribution in [2.24, 2.45) is 0 Å². The van der Waals surface area contributed by atoms with Crippen molar-refractivity contribution in [3.8, 4) is 0 Å². The number of aromatic amines is 1. The molecule has 18 heavy (non-hydrogen) atoms. The minimum Gasteiger partial charge on any atom is -0.374 e. The molecule has 2 heterocycles. The Morgan fingerprint density at radius 2 is 2.33 bits per heavy atom. The molecule has 1 aliphatic heterocycles. The van der Waals surface area contributed by atoms with Crippen molar-refractivity contribution in [2.75, 3.05) is 26.2 Å². The van der Waals surface area contributed by atoms with E-state index >= 15 is 0 Å². The first-order chi connectivity index (χ1) is 8.60. The quantitative estimate of drug-likeness (QED) is 0.836. The van der Waals surface area contributed by atoms with Crippen molar-refractivity contribution in [3.63, 3.8) is 0 Å². The summed E-state index contributed by atoms with van der Waals surface area (Å²) in [6.07, 6.45) is 1.30. The van der Waals surface area contributed by atoms with E-state index in [1.54, 1.807) is 0 Å². The van der Waals surface area contributed by atoms with Crippen molar-refractivity contribution in [1.29, 1.82) is 0 Å². The molecule has 6 nitrogen and oxygen atoms in total. The lowest BCUT2D eigenvalue weighted by Crippen LogP contribution is -2.45. The second-order valence-electron chi connectivity index (χ2n) is 4.27. The predicted octanol–water partition coefficient (Wildman–Crippen LogP) is -0.0893. The Morgan fingerprint density at radius 1 is 1.56 bits per heavy atom. The highest BCUT2D eigenvalue weighted by molar-refractivity contribution is 6.30. The van der Waals surface area contributed by atoms with Gasteiger partial charge in [-0.1, -0.05) is 18.5 Å². The van der Waals surface area contributed by atoms with Gasteiger partial charge in [-0.25, -0.2) is 4.79 Å². The fourth-order valence-corrected chi connectivity index (χ4v) is 2.18. The first-order valence-electron chi connectivity index (χ1n) is 5.93. The SMILES string of the molecule is CCN1CCOC(Cn2cc(Cl)c(=O)[nH]c2=O)C1. The second kappa shape index (κ2) is 5.69. The van der Waals surface area contributed by atoms with Gasteiger partial charge < -0.3 is 4.74 Å². The van der Waals surface area contributed by atoms with Crippen molar-refractivity contribution >= 4 is 11.6 Å². The van der Waals surface area contributed by atoms with Crippen LogP contribution in [0.15, 0.2) is 15.8 Å². The highest BCUT2D eigenvalue weighted by Gasteiger charge is 2.20. The maximum absolute atomic E-state index is 11.6. The molecule has 1 unspecified atom stereocenters. The highest BCUT2D eigenvalue weighted by Crippen LogP contribution is 2.07. The van der Waals surface area contributed by atoms with Gasteiger partial charge in [-0.15, -0.1) is 0 Å². The summed E-state index contributed by atoms with van der Waals surface area (Å²) in [6, 6.07) is 0. The fraction of sp³-hybridized carbons (Fsp3) is 0.636. The summed E-state index contributed by atoms with van der Waals surface area (Å²) >= 11 is 5.70. The molecule has 0 aromatic carbocycles. The summed E-state index contributed by atoms with van der Waals surface area (Å²) in [7, 11) is 0. The third-order valence-electron chi connectivity index (χ3n) is 3.04. The van der Waals surface area contributed by atoms with Crippen LogP contribution in [0.1, 0.15) is 6.92 Å². The predicted molar refractivity (Wildman–Crippen MR) is 68.2 cm³/mol. The van der Waals surface area contributed by atoms with E-state index in [0.717, 1.165) is 19.6 Å². The number of likely N-dealkylation sites (N-methyl/N-ethyl adjacent to an activating group) is 1. The van der Waals surface area contributed by atoms with Crippen molar-refractivity contribution in [3.05, 3.63) is 32.1 Å². The average molecular weight is 274 g/mol. The van der Waals surface area contributed by atoms with Gasteiger partial charge >= 0.3 is 5.69 Å². The molecule has 1 atom stereocenters. The van der Waals surface area contributed by atoms with E-state index in [2.05, 4.69) is 16.8 Å². The number of nitrogens with one attached hydrogen (secondary N) is 1. The normalized spacial score (nSPS) is 21.1. The second-order valence-corrected chi connectivity index (χ2v) is 4.68. The summed E-state index contributed by atoms with van der Waals surface area (Å²) in [4.78, 5) is 27.2. The molecule has 7 heteroatoms. The highest BCUT2D eigenvalue weighted by atomic mass is 35.5. The van der Waals surface area contributed by atoms with Crippen LogP contribution in [-0.4, -0.2) is 46.8 Å². The number of ether oxygens (including phenoxy) is 1. The van der Waals surface area contributed by atoms with Crippen LogP contribution in [-0.2, 0) is 11.3 Å². The van der Waals surface area contributed by atoms with Crippen LogP contribution in [0.25, 0.3) is 0 Å². The van der Waals surface area contributed by atoms with E-state index in [9.17, 15) is 9.59 Å². The topological polar surface area (TPSA) is 67.3 Å². The van der Waals surface area contributed by atoms with Gasteiger partial charge in [0.15, 0.2) is 0 Å². The molecule has 0 amide bonds. The van der Waals surface area contributed by atoms with E-state index in [4.69, 9.17) is 16.3 Å². The standard InChI is InChI=1S/C11H16ClN3O3/c1-2-14-3-4-18-8(5-14)6-15-7-9(12)10(16)13-11(15)17/h7-8H,2-6H2,1H3,(H,13,16,17). The summed E-state index contributed by atoms with van der Waals surface area (Å²) in [5, 5.41) is 0.0118. The molecule has 1 aromatic heterocycles. The molecule has 1 saturated heterocycles. The Balaban J connectivity index is 2.12. The van der Waals surface area contributed by atoms with E-state index in [1.165, 1.54) is 10.8 Å².